The van der Waals surface area contributed by atoms with E-state index in [0.717, 1.165) is 39.0 Å². The zero-order valence-corrected chi connectivity index (χ0v) is 11.7. The molecule has 0 spiro atoms. The monoisotopic (exact) mass is 241 g/mol. The van der Waals surface area contributed by atoms with Crippen LogP contribution in [-0.4, -0.2) is 47.4 Å². The molecule has 1 N–H and O–H groups in total. The molecule has 0 radical (unpaired) electrons. The first-order valence-electron chi connectivity index (χ1n) is 6.85. The van der Waals surface area contributed by atoms with Crippen LogP contribution in [0.4, 0.5) is 0 Å². The summed E-state index contributed by atoms with van der Waals surface area (Å²) in [5, 5.41) is 10.2. The Kier molecular flexibility index (Phi) is 3.54. The number of aliphatic hydroxyl groups excluding tert-OH is 1. The molecule has 1 aliphatic heterocycles. The van der Waals surface area contributed by atoms with E-state index in [-0.39, 0.29) is 11.7 Å². The van der Waals surface area contributed by atoms with Crippen LogP contribution in [0, 0.1) is 5.41 Å². The Morgan fingerprint density at radius 3 is 2.59 bits per heavy atom. The van der Waals surface area contributed by atoms with E-state index in [0.29, 0.717) is 11.5 Å². The van der Waals surface area contributed by atoms with E-state index >= 15 is 0 Å². The minimum Gasteiger partial charge on any atom is -0.391 e. The van der Waals surface area contributed by atoms with Gasteiger partial charge in [0.1, 0.15) is 0 Å². The van der Waals surface area contributed by atoms with Crippen LogP contribution < -0.4 is 0 Å². The third kappa shape index (κ3) is 3.21. The molecule has 1 aliphatic carbocycles. The van der Waals surface area contributed by atoms with Gasteiger partial charge in [0.2, 0.25) is 0 Å². The minimum atomic E-state index is -0.156. The van der Waals surface area contributed by atoms with Gasteiger partial charge in [-0.2, -0.15) is 0 Å². The Balaban J connectivity index is 2.04. The van der Waals surface area contributed by atoms with Gasteiger partial charge in [0, 0.05) is 19.1 Å². The van der Waals surface area contributed by atoms with Gasteiger partial charge in [-0.05, 0) is 38.5 Å². The summed E-state index contributed by atoms with van der Waals surface area (Å²) in [4.78, 5) is 2.44. The highest BCUT2D eigenvalue weighted by Gasteiger charge is 2.40. The predicted octanol–water partition coefficient (Wildman–Crippen LogP) is 2.04. The number of rotatable bonds is 1. The van der Waals surface area contributed by atoms with E-state index in [4.69, 9.17) is 4.74 Å². The van der Waals surface area contributed by atoms with Crippen LogP contribution >= 0.6 is 0 Å². The fraction of sp³-hybridized carbons (Fsp3) is 1.00. The summed E-state index contributed by atoms with van der Waals surface area (Å²) in [6, 6.07) is 0.321. The molecule has 0 aromatic heterocycles. The number of hydrogen-bond acceptors (Lipinski definition) is 3. The summed E-state index contributed by atoms with van der Waals surface area (Å²) < 4.78 is 5.75. The highest BCUT2D eigenvalue weighted by atomic mass is 16.5. The van der Waals surface area contributed by atoms with Gasteiger partial charge in [-0.25, -0.2) is 0 Å². The predicted molar refractivity (Wildman–Crippen MR) is 69.0 cm³/mol. The first kappa shape index (κ1) is 13.3. The van der Waals surface area contributed by atoms with Crippen molar-refractivity contribution in [3.63, 3.8) is 0 Å². The van der Waals surface area contributed by atoms with E-state index in [1.165, 1.54) is 0 Å². The molecule has 2 atom stereocenters. The minimum absolute atomic E-state index is 0.0699. The number of nitrogens with zero attached hydrogens (tertiary/aromatic N) is 1. The molecule has 1 saturated heterocycles. The van der Waals surface area contributed by atoms with E-state index in [1.54, 1.807) is 0 Å². The summed E-state index contributed by atoms with van der Waals surface area (Å²) in [6.45, 7) is 11.6. The zero-order valence-electron chi connectivity index (χ0n) is 11.7. The van der Waals surface area contributed by atoms with Gasteiger partial charge in [0.25, 0.3) is 0 Å². The van der Waals surface area contributed by atoms with Crippen LogP contribution in [0.5, 0.6) is 0 Å². The van der Waals surface area contributed by atoms with Gasteiger partial charge >= 0.3 is 0 Å². The average molecular weight is 241 g/mol. The average Bonchev–Trinajstić information content (AvgIpc) is 2.20. The molecular weight excluding hydrogens is 214 g/mol. The highest BCUT2D eigenvalue weighted by molar-refractivity contribution is 4.93. The molecule has 0 amide bonds. The van der Waals surface area contributed by atoms with E-state index in [1.807, 2.05) is 0 Å². The van der Waals surface area contributed by atoms with E-state index in [2.05, 4.69) is 32.6 Å². The van der Waals surface area contributed by atoms with Gasteiger partial charge in [-0.15, -0.1) is 0 Å². The Bertz CT molecular complexity index is 275. The largest absolute Gasteiger partial charge is 0.391 e. The molecule has 3 heteroatoms. The lowest BCUT2D eigenvalue weighted by Crippen LogP contribution is -2.57. The Morgan fingerprint density at radius 1 is 1.24 bits per heavy atom. The molecule has 2 unspecified atom stereocenters. The summed E-state index contributed by atoms with van der Waals surface area (Å²) in [5.74, 6) is 0. The second-order valence-corrected chi connectivity index (χ2v) is 7.12. The molecule has 0 bridgehead atoms. The van der Waals surface area contributed by atoms with Crippen LogP contribution in [0.1, 0.15) is 47.0 Å². The highest BCUT2D eigenvalue weighted by Crippen LogP contribution is 2.38. The Labute approximate surface area is 105 Å². The molecule has 2 rings (SSSR count). The molecule has 1 heterocycles. The normalized spacial score (nSPS) is 37.9. The lowest BCUT2D eigenvalue weighted by atomic mass is 9.73. The molecule has 3 nitrogen and oxygen atoms in total. The maximum absolute atomic E-state index is 10.2. The van der Waals surface area contributed by atoms with Gasteiger partial charge in [-0.1, -0.05) is 13.8 Å². The first-order valence-corrected chi connectivity index (χ1v) is 6.85. The number of morpholine rings is 1. The molecular formula is C14H27NO2. The summed E-state index contributed by atoms with van der Waals surface area (Å²) in [5.41, 5.74) is 0.298. The van der Waals surface area contributed by atoms with Crippen molar-refractivity contribution < 1.29 is 9.84 Å². The SMILES string of the molecule is CC1(C)CCC(O)C(N2CCOC(C)(C)C2)C1. The fourth-order valence-electron chi connectivity index (χ4n) is 3.24. The third-order valence-corrected chi connectivity index (χ3v) is 4.25. The van der Waals surface area contributed by atoms with Crippen LogP contribution in [0.3, 0.4) is 0 Å². The summed E-state index contributed by atoms with van der Waals surface area (Å²) >= 11 is 0. The zero-order chi connectivity index (χ0) is 12.7. The topological polar surface area (TPSA) is 32.7 Å². The molecule has 0 aromatic carbocycles. The van der Waals surface area contributed by atoms with Crippen molar-refractivity contribution in [3.8, 4) is 0 Å². The molecule has 2 fully saturated rings. The van der Waals surface area contributed by atoms with Crippen LogP contribution in [0.25, 0.3) is 0 Å². The molecule has 1 saturated carbocycles. The Morgan fingerprint density at radius 2 is 1.94 bits per heavy atom. The van der Waals surface area contributed by atoms with Crippen molar-refractivity contribution in [1.29, 1.82) is 0 Å². The third-order valence-electron chi connectivity index (χ3n) is 4.25. The van der Waals surface area contributed by atoms with Crippen molar-refractivity contribution in [2.45, 2.75) is 64.7 Å². The molecule has 2 aliphatic rings. The smallest absolute Gasteiger partial charge is 0.0753 e. The van der Waals surface area contributed by atoms with Crippen molar-refractivity contribution in [2.24, 2.45) is 5.41 Å². The van der Waals surface area contributed by atoms with Gasteiger partial charge < -0.3 is 9.84 Å². The summed E-state index contributed by atoms with van der Waals surface area (Å²) in [6.07, 6.45) is 3.02. The standard InChI is InChI=1S/C14H27NO2/c1-13(2)6-5-12(16)11(9-13)15-7-8-17-14(3,4)10-15/h11-12,16H,5-10H2,1-4H3. The molecule has 0 aromatic rings. The maximum Gasteiger partial charge on any atom is 0.0753 e. The summed E-state index contributed by atoms with van der Waals surface area (Å²) in [7, 11) is 0. The van der Waals surface area contributed by atoms with Gasteiger partial charge in [0.05, 0.1) is 18.3 Å². The van der Waals surface area contributed by atoms with Crippen molar-refractivity contribution in [2.75, 3.05) is 19.7 Å². The lowest BCUT2D eigenvalue weighted by Gasteiger charge is -2.48. The van der Waals surface area contributed by atoms with Crippen LogP contribution in [-0.2, 0) is 4.74 Å². The van der Waals surface area contributed by atoms with E-state index in [9.17, 15) is 5.11 Å². The number of hydrogen-bond donors (Lipinski definition) is 1. The lowest BCUT2D eigenvalue weighted by molar-refractivity contribution is -0.123. The van der Waals surface area contributed by atoms with Crippen molar-refractivity contribution >= 4 is 0 Å². The van der Waals surface area contributed by atoms with Crippen LogP contribution in [0.2, 0.25) is 0 Å². The van der Waals surface area contributed by atoms with Gasteiger partial charge in [-0.3, -0.25) is 4.90 Å². The van der Waals surface area contributed by atoms with E-state index < -0.39 is 0 Å². The van der Waals surface area contributed by atoms with Gasteiger partial charge in [0.15, 0.2) is 0 Å². The number of aliphatic hydroxyl groups is 1. The van der Waals surface area contributed by atoms with Crippen LogP contribution in [0.15, 0.2) is 0 Å². The Hall–Kier alpha value is -0.120. The molecule has 100 valence electrons. The molecule has 17 heavy (non-hydrogen) atoms. The van der Waals surface area contributed by atoms with Crippen molar-refractivity contribution in [1.82, 2.24) is 4.90 Å². The quantitative estimate of drug-likeness (QED) is 0.762. The van der Waals surface area contributed by atoms with Crippen molar-refractivity contribution in [3.05, 3.63) is 0 Å². The number of ether oxygens (including phenoxy) is 1. The maximum atomic E-state index is 10.2. The second kappa shape index (κ2) is 4.52. The second-order valence-electron chi connectivity index (χ2n) is 7.12. The first-order chi connectivity index (χ1) is 7.79. The fourth-order valence-corrected chi connectivity index (χ4v) is 3.24.